The van der Waals surface area contributed by atoms with Gasteiger partial charge in [-0.05, 0) is 133 Å². The Morgan fingerprint density at radius 2 is 0.917 bits per heavy atom. The van der Waals surface area contributed by atoms with Crippen LogP contribution in [0.15, 0.2) is 97.1 Å². The van der Waals surface area contributed by atoms with Crippen LogP contribution < -0.4 is 4.74 Å². The lowest BCUT2D eigenvalue weighted by molar-refractivity contribution is -0.142. The molecule has 0 spiro atoms. The Kier molecular flexibility index (Phi) is 10.8. The number of ether oxygens (including phenoxy) is 1. The maximum Gasteiger partial charge on any atom is 0.311 e. The molecule has 0 amide bonds. The standard InChI is InChI=1S/C26H26O6.C14H14O2/c1-16-14-19(6-10-22(16)27)26(3,20-7-11-23(28)17(2)15-20)18-4-8-21(9-5-18)32-25(31)13-12-24(29)30;1-9-7-11(3-5-13(9)15)12-4-6-14(16)10(2)8-12/h4-11,14-15,27-28H,12-13H2,1-3H3,(H,29,30);3-8,15-16H,1-2H3. The zero-order valence-electron chi connectivity index (χ0n) is 27.6. The first-order valence-corrected chi connectivity index (χ1v) is 15.4. The number of rotatable bonds is 8. The van der Waals surface area contributed by atoms with E-state index in [1.54, 1.807) is 36.4 Å². The Morgan fingerprint density at radius 1 is 0.542 bits per heavy atom. The van der Waals surface area contributed by atoms with E-state index in [1.807, 2.05) is 88.4 Å². The first-order chi connectivity index (χ1) is 22.7. The van der Waals surface area contributed by atoms with Gasteiger partial charge in [0.25, 0.3) is 0 Å². The summed E-state index contributed by atoms with van der Waals surface area (Å²) in [5.74, 6) is -0.301. The zero-order chi connectivity index (χ0) is 35.2. The number of carboxylic acid groups (broad SMARTS) is 1. The summed E-state index contributed by atoms with van der Waals surface area (Å²) >= 11 is 0. The van der Waals surface area contributed by atoms with E-state index in [4.69, 9.17) is 9.84 Å². The number of esters is 1. The van der Waals surface area contributed by atoms with Crippen LogP contribution in [0.5, 0.6) is 28.7 Å². The molecule has 0 saturated carbocycles. The molecule has 0 aliphatic carbocycles. The number of hydrogen-bond acceptors (Lipinski definition) is 7. The Labute approximate surface area is 280 Å². The topological polar surface area (TPSA) is 145 Å². The van der Waals surface area contributed by atoms with Gasteiger partial charge in [-0.15, -0.1) is 0 Å². The van der Waals surface area contributed by atoms with Crippen molar-refractivity contribution >= 4 is 11.9 Å². The lowest BCUT2D eigenvalue weighted by atomic mass is 9.70. The summed E-state index contributed by atoms with van der Waals surface area (Å²) in [7, 11) is 0. The fraction of sp³-hybridized carbons (Fsp3) is 0.200. The van der Waals surface area contributed by atoms with Gasteiger partial charge >= 0.3 is 11.9 Å². The summed E-state index contributed by atoms with van der Waals surface area (Å²) < 4.78 is 5.25. The zero-order valence-corrected chi connectivity index (χ0v) is 27.6. The largest absolute Gasteiger partial charge is 0.508 e. The van der Waals surface area contributed by atoms with Gasteiger partial charge in [0, 0.05) is 5.41 Å². The van der Waals surface area contributed by atoms with Crippen LogP contribution in [-0.2, 0) is 15.0 Å². The van der Waals surface area contributed by atoms with Crippen LogP contribution in [0, 0.1) is 27.7 Å². The third-order valence-electron chi connectivity index (χ3n) is 8.48. The van der Waals surface area contributed by atoms with Crippen molar-refractivity contribution in [3.8, 4) is 39.9 Å². The van der Waals surface area contributed by atoms with Crippen LogP contribution in [0.4, 0.5) is 0 Å². The molecule has 5 aromatic carbocycles. The van der Waals surface area contributed by atoms with Crippen molar-refractivity contribution in [3.05, 3.63) is 136 Å². The van der Waals surface area contributed by atoms with E-state index < -0.39 is 17.4 Å². The fourth-order valence-electron chi connectivity index (χ4n) is 5.35. The Morgan fingerprint density at radius 3 is 1.29 bits per heavy atom. The summed E-state index contributed by atoms with van der Waals surface area (Å²) in [5.41, 5.74) is 7.46. The van der Waals surface area contributed by atoms with E-state index >= 15 is 0 Å². The van der Waals surface area contributed by atoms with Crippen molar-refractivity contribution in [3.63, 3.8) is 0 Å². The summed E-state index contributed by atoms with van der Waals surface area (Å²) in [6.45, 7) is 9.46. The second kappa shape index (κ2) is 14.8. The van der Waals surface area contributed by atoms with E-state index in [2.05, 4.69) is 6.92 Å². The number of carboxylic acids is 1. The highest BCUT2D eigenvalue weighted by Gasteiger charge is 2.32. The number of carbonyl (C=O) groups excluding carboxylic acids is 1. The highest BCUT2D eigenvalue weighted by Crippen LogP contribution is 2.42. The molecule has 248 valence electrons. The lowest BCUT2D eigenvalue weighted by Gasteiger charge is -2.33. The summed E-state index contributed by atoms with van der Waals surface area (Å²) in [4.78, 5) is 22.5. The molecule has 0 atom stereocenters. The van der Waals surface area contributed by atoms with E-state index in [1.165, 1.54) is 0 Å². The maximum atomic E-state index is 11.8. The molecule has 8 nitrogen and oxygen atoms in total. The molecule has 5 N–H and O–H groups in total. The molecule has 0 aliphatic rings. The Hall–Kier alpha value is -5.76. The number of benzene rings is 5. The number of phenols is 4. The van der Waals surface area contributed by atoms with Gasteiger partial charge in [-0.25, -0.2) is 0 Å². The van der Waals surface area contributed by atoms with Gasteiger partial charge in [0.15, 0.2) is 0 Å². The highest BCUT2D eigenvalue weighted by atomic mass is 16.5. The lowest BCUT2D eigenvalue weighted by Crippen LogP contribution is -2.25. The average molecular weight is 649 g/mol. The van der Waals surface area contributed by atoms with Crippen LogP contribution >= 0.6 is 0 Å². The molecule has 0 saturated heterocycles. The van der Waals surface area contributed by atoms with Gasteiger partial charge in [-0.3, -0.25) is 9.59 Å². The van der Waals surface area contributed by atoms with Crippen LogP contribution in [0.3, 0.4) is 0 Å². The molecule has 0 fully saturated rings. The summed E-state index contributed by atoms with van der Waals surface area (Å²) in [6.07, 6.45) is -0.482. The van der Waals surface area contributed by atoms with Gasteiger partial charge in [-0.2, -0.15) is 0 Å². The van der Waals surface area contributed by atoms with Crippen molar-refractivity contribution in [2.24, 2.45) is 0 Å². The second-order valence-electron chi connectivity index (χ2n) is 12.0. The number of hydrogen-bond donors (Lipinski definition) is 5. The smallest absolute Gasteiger partial charge is 0.311 e. The molecule has 5 rings (SSSR count). The molecule has 0 radical (unpaired) electrons. The molecule has 0 heterocycles. The van der Waals surface area contributed by atoms with Crippen molar-refractivity contribution in [1.82, 2.24) is 0 Å². The van der Waals surface area contributed by atoms with E-state index in [-0.39, 0.29) is 24.3 Å². The molecule has 8 heteroatoms. The monoisotopic (exact) mass is 648 g/mol. The van der Waals surface area contributed by atoms with Crippen LogP contribution in [0.2, 0.25) is 0 Å². The number of phenolic OH excluding ortho intramolecular Hbond substituents is 4. The summed E-state index contributed by atoms with van der Waals surface area (Å²) in [6, 6.07) is 28.9. The van der Waals surface area contributed by atoms with E-state index in [0.29, 0.717) is 17.2 Å². The number of aliphatic carboxylic acids is 1. The normalized spacial score (nSPS) is 10.9. The van der Waals surface area contributed by atoms with Crippen molar-refractivity contribution in [2.75, 3.05) is 0 Å². The Bertz CT molecular complexity index is 1840. The minimum atomic E-state index is -1.05. The molecular formula is C40H40O8. The van der Waals surface area contributed by atoms with Crippen LogP contribution in [0.25, 0.3) is 11.1 Å². The van der Waals surface area contributed by atoms with Crippen molar-refractivity contribution in [1.29, 1.82) is 0 Å². The Balaban J connectivity index is 0.000000271. The number of aryl methyl sites for hydroxylation is 4. The SMILES string of the molecule is Cc1cc(-c2ccc(O)c(C)c2)ccc1O.Cc1cc(C(C)(c2ccc(OC(=O)CCC(=O)O)cc2)c2ccc(O)c(C)c2)ccc1O. The average Bonchev–Trinajstić information content (AvgIpc) is 3.05. The minimum Gasteiger partial charge on any atom is -0.508 e. The van der Waals surface area contributed by atoms with Gasteiger partial charge in [-0.1, -0.05) is 48.5 Å². The minimum absolute atomic E-state index is 0.200. The van der Waals surface area contributed by atoms with E-state index in [0.717, 1.165) is 50.1 Å². The van der Waals surface area contributed by atoms with Crippen LogP contribution in [0.1, 0.15) is 58.7 Å². The number of aromatic hydroxyl groups is 4. The predicted octanol–water partition coefficient (Wildman–Crippen LogP) is 8.22. The predicted molar refractivity (Wildman–Crippen MR) is 185 cm³/mol. The van der Waals surface area contributed by atoms with Gasteiger partial charge in [0.1, 0.15) is 28.7 Å². The first-order valence-electron chi connectivity index (χ1n) is 15.4. The molecular weight excluding hydrogens is 608 g/mol. The molecule has 0 aromatic heterocycles. The van der Waals surface area contributed by atoms with E-state index in [9.17, 15) is 30.0 Å². The van der Waals surface area contributed by atoms with Crippen molar-refractivity contribution < 1.29 is 39.9 Å². The molecule has 0 unspecified atom stereocenters. The van der Waals surface area contributed by atoms with Crippen molar-refractivity contribution in [2.45, 2.75) is 52.9 Å². The third kappa shape index (κ3) is 8.14. The number of carbonyl (C=O) groups is 2. The van der Waals surface area contributed by atoms with Gasteiger partial charge < -0.3 is 30.3 Å². The summed E-state index contributed by atoms with van der Waals surface area (Å²) in [5, 5.41) is 47.6. The molecule has 5 aromatic rings. The van der Waals surface area contributed by atoms with Gasteiger partial charge in [0.2, 0.25) is 0 Å². The molecule has 0 aliphatic heterocycles. The molecule has 48 heavy (non-hydrogen) atoms. The third-order valence-corrected chi connectivity index (χ3v) is 8.48. The van der Waals surface area contributed by atoms with Gasteiger partial charge in [0.05, 0.1) is 12.8 Å². The highest BCUT2D eigenvalue weighted by molar-refractivity contribution is 5.78. The quantitative estimate of drug-likeness (QED) is 0.0643. The maximum absolute atomic E-state index is 11.8. The fourth-order valence-corrected chi connectivity index (χ4v) is 5.35. The second-order valence-corrected chi connectivity index (χ2v) is 12.0. The van der Waals surface area contributed by atoms with Crippen LogP contribution in [-0.4, -0.2) is 37.5 Å². The first kappa shape index (κ1) is 35.1. The molecule has 0 bridgehead atoms.